The Kier molecular flexibility index (Phi) is 6.26. The maximum atomic E-state index is 13.1. The highest BCUT2D eigenvalue weighted by Crippen LogP contribution is 2.39. The quantitative estimate of drug-likeness (QED) is 0.777. The Bertz CT molecular complexity index is 912. The zero-order valence-corrected chi connectivity index (χ0v) is 17.2. The van der Waals surface area contributed by atoms with Gasteiger partial charge in [-0.05, 0) is 54.3 Å². The van der Waals surface area contributed by atoms with Crippen LogP contribution in [0, 0.1) is 6.92 Å². The Balaban J connectivity index is 1.95. The molecule has 7 heteroatoms. The Hall–Kier alpha value is -3.22. The SMILES string of the molecule is COC(=O)C[C@@H]1c2cc(OC)c(OC)cc2CCN1C(=O)Nc1cccc(C)c1. The Morgan fingerprint density at radius 2 is 1.83 bits per heavy atom. The first kappa shape index (κ1) is 20.5. The number of aryl methyl sites for hydroxylation is 1. The van der Waals surface area contributed by atoms with Gasteiger partial charge in [0, 0.05) is 12.2 Å². The lowest BCUT2D eigenvalue weighted by Crippen LogP contribution is -2.43. The van der Waals surface area contributed by atoms with Crippen LogP contribution in [0.1, 0.15) is 29.2 Å². The number of benzene rings is 2. The average molecular weight is 398 g/mol. The van der Waals surface area contributed by atoms with Crippen molar-refractivity contribution in [1.29, 1.82) is 0 Å². The van der Waals surface area contributed by atoms with Crippen LogP contribution in [0.3, 0.4) is 0 Å². The van der Waals surface area contributed by atoms with Crippen LogP contribution in [0.5, 0.6) is 11.5 Å². The summed E-state index contributed by atoms with van der Waals surface area (Å²) in [5.41, 5.74) is 3.65. The van der Waals surface area contributed by atoms with E-state index in [1.165, 1.54) is 7.11 Å². The van der Waals surface area contributed by atoms with E-state index < -0.39 is 6.04 Å². The molecule has 3 rings (SSSR count). The molecule has 0 bridgehead atoms. The molecule has 0 saturated carbocycles. The van der Waals surface area contributed by atoms with Gasteiger partial charge in [0.2, 0.25) is 0 Å². The van der Waals surface area contributed by atoms with E-state index in [-0.39, 0.29) is 18.4 Å². The van der Waals surface area contributed by atoms with Crippen LogP contribution in [0.25, 0.3) is 0 Å². The average Bonchev–Trinajstić information content (AvgIpc) is 2.72. The molecule has 0 saturated heterocycles. The lowest BCUT2D eigenvalue weighted by Gasteiger charge is -2.37. The van der Waals surface area contributed by atoms with E-state index in [9.17, 15) is 9.59 Å². The zero-order valence-electron chi connectivity index (χ0n) is 17.2. The summed E-state index contributed by atoms with van der Waals surface area (Å²) in [4.78, 5) is 26.8. The van der Waals surface area contributed by atoms with Gasteiger partial charge in [0.1, 0.15) is 0 Å². The first-order chi connectivity index (χ1) is 14.0. The van der Waals surface area contributed by atoms with Gasteiger partial charge in [-0.1, -0.05) is 12.1 Å². The van der Waals surface area contributed by atoms with E-state index in [4.69, 9.17) is 14.2 Å². The molecule has 0 fully saturated rings. The number of hydrogen-bond donors (Lipinski definition) is 1. The van der Waals surface area contributed by atoms with Gasteiger partial charge in [0.25, 0.3) is 0 Å². The molecular formula is C22H26N2O5. The molecule has 0 radical (unpaired) electrons. The number of anilines is 1. The number of urea groups is 1. The van der Waals surface area contributed by atoms with Crippen LogP contribution in [0.4, 0.5) is 10.5 Å². The summed E-state index contributed by atoms with van der Waals surface area (Å²) in [7, 11) is 4.49. The summed E-state index contributed by atoms with van der Waals surface area (Å²) in [5.74, 6) is 0.800. The first-order valence-electron chi connectivity index (χ1n) is 9.42. The van der Waals surface area contributed by atoms with Crippen LogP contribution in [-0.4, -0.2) is 44.8 Å². The maximum Gasteiger partial charge on any atom is 0.322 e. The maximum absolute atomic E-state index is 13.1. The van der Waals surface area contributed by atoms with Crippen LogP contribution in [0.15, 0.2) is 36.4 Å². The molecule has 0 unspecified atom stereocenters. The predicted molar refractivity (Wildman–Crippen MR) is 110 cm³/mol. The number of methoxy groups -OCH3 is 3. The fraction of sp³-hybridized carbons (Fsp3) is 0.364. The number of hydrogen-bond acceptors (Lipinski definition) is 5. The molecule has 1 N–H and O–H groups in total. The largest absolute Gasteiger partial charge is 0.493 e. The fourth-order valence-corrected chi connectivity index (χ4v) is 3.65. The second kappa shape index (κ2) is 8.86. The molecule has 1 atom stereocenters. The van der Waals surface area contributed by atoms with Crippen molar-refractivity contribution >= 4 is 17.7 Å². The van der Waals surface area contributed by atoms with E-state index in [0.29, 0.717) is 30.2 Å². The minimum absolute atomic E-state index is 0.0558. The van der Waals surface area contributed by atoms with Gasteiger partial charge < -0.3 is 24.4 Å². The monoisotopic (exact) mass is 398 g/mol. The molecule has 2 amide bonds. The molecular weight excluding hydrogens is 372 g/mol. The summed E-state index contributed by atoms with van der Waals surface area (Å²) < 4.78 is 15.7. The van der Waals surface area contributed by atoms with E-state index in [1.807, 2.05) is 43.3 Å². The lowest BCUT2D eigenvalue weighted by atomic mass is 9.90. The molecule has 1 aliphatic rings. The van der Waals surface area contributed by atoms with Crippen LogP contribution in [-0.2, 0) is 16.0 Å². The summed E-state index contributed by atoms with van der Waals surface area (Å²) >= 11 is 0. The van der Waals surface area contributed by atoms with Crippen molar-refractivity contribution in [2.24, 2.45) is 0 Å². The Labute approximate surface area is 170 Å². The number of rotatable bonds is 5. The van der Waals surface area contributed by atoms with Crippen LogP contribution in [0.2, 0.25) is 0 Å². The minimum Gasteiger partial charge on any atom is -0.493 e. The molecule has 29 heavy (non-hydrogen) atoms. The zero-order chi connectivity index (χ0) is 21.0. The third-order valence-electron chi connectivity index (χ3n) is 5.12. The number of carbonyl (C=O) groups excluding carboxylic acids is 2. The molecule has 2 aromatic carbocycles. The summed E-state index contributed by atoms with van der Waals surface area (Å²) in [5, 5.41) is 2.93. The Morgan fingerprint density at radius 3 is 2.48 bits per heavy atom. The third-order valence-corrected chi connectivity index (χ3v) is 5.12. The van der Waals surface area contributed by atoms with Gasteiger partial charge in [-0.3, -0.25) is 4.79 Å². The van der Waals surface area contributed by atoms with Crippen molar-refractivity contribution in [3.63, 3.8) is 0 Å². The van der Waals surface area contributed by atoms with E-state index in [2.05, 4.69) is 5.32 Å². The molecule has 0 aromatic heterocycles. The van der Waals surface area contributed by atoms with E-state index >= 15 is 0 Å². The summed E-state index contributed by atoms with van der Waals surface area (Å²) in [6.07, 6.45) is 0.703. The van der Waals surface area contributed by atoms with Crippen LogP contribution < -0.4 is 14.8 Å². The number of ether oxygens (including phenoxy) is 3. The number of fused-ring (bicyclic) bond motifs is 1. The number of amides is 2. The van der Waals surface area contributed by atoms with E-state index in [1.54, 1.807) is 19.1 Å². The molecule has 2 aromatic rings. The third kappa shape index (κ3) is 4.45. The van der Waals surface area contributed by atoms with Crippen molar-refractivity contribution < 1.29 is 23.8 Å². The van der Waals surface area contributed by atoms with E-state index in [0.717, 1.165) is 16.7 Å². The first-order valence-corrected chi connectivity index (χ1v) is 9.42. The molecule has 1 aliphatic heterocycles. The number of esters is 1. The molecule has 154 valence electrons. The van der Waals surface area contributed by atoms with Gasteiger partial charge >= 0.3 is 12.0 Å². The van der Waals surface area contributed by atoms with Crippen molar-refractivity contribution in [3.8, 4) is 11.5 Å². The minimum atomic E-state index is -0.462. The van der Waals surface area contributed by atoms with Crippen molar-refractivity contribution in [1.82, 2.24) is 4.90 Å². The summed E-state index contributed by atoms with van der Waals surface area (Å²) in [6, 6.07) is 10.6. The highest BCUT2D eigenvalue weighted by atomic mass is 16.5. The fourth-order valence-electron chi connectivity index (χ4n) is 3.65. The van der Waals surface area contributed by atoms with Gasteiger partial charge in [-0.25, -0.2) is 4.79 Å². The second-order valence-corrected chi connectivity index (χ2v) is 6.95. The predicted octanol–water partition coefficient (Wildman–Crippen LogP) is 3.71. The van der Waals surface area contributed by atoms with Gasteiger partial charge in [0.05, 0.1) is 33.8 Å². The Morgan fingerprint density at radius 1 is 1.10 bits per heavy atom. The topological polar surface area (TPSA) is 77.1 Å². The van der Waals surface area contributed by atoms with Crippen molar-refractivity contribution in [2.45, 2.75) is 25.8 Å². The normalized spacial score (nSPS) is 15.3. The van der Waals surface area contributed by atoms with Crippen LogP contribution >= 0.6 is 0 Å². The van der Waals surface area contributed by atoms with Gasteiger partial charge in [-0.2, -0.15) is 0 Å². The van der Waals surface area contributed by atoms with Gasteiger partial charge in [0.15, 0.2) is 11.5 Å². The standard InChI is InChI=1S/C22H26N2O5/c1-14-6-5-7-16(10-14)23-22(26)24-9-8-15-11-19(27-2)20(28-3)12-17(15)18(24)13-21(25)29-4/h5-7,10-12,18H,8-9,13H2,1-4H3,(H,23,26)/t18-/m1/s1. The number of nitrogens with one attached hydrogen (secondary N) is 1. The smallest absolute Gasteiger partial charge is 0.322 e. The highest BCUT2D eigenvalue weighted by molar-refractivity contribution is 5.90. The molecule has 7 nitrogen and oxygen atoms in total. The number of carbonyl (C=O) groups is 2. The van der Waals surface area contributed by atoms with Crippen molar-refractivity contribution in [3.05, 3.63) is 53.1 Å². The highest BCUT2D eigenvalue weighted by Gasteiger charge is 2.34. The molecule has 1 heterocycles. The molecule has 0 spiro atoms. The molecule has 0 aliphatic carbocycles. The van der Waals surface area contributed by atoms with Gasteiger partial charge in [-0.15, -0.1) is 0 Å². The van der Waals surface area contributed by atoms with Crippen molar-refractivity contribution in [2.75, 3.05) is 33.2 Å². The lowest BCUT2D eigenvalue weighted by molar-refractivity contribution is -0.141. The second-order valence-electron chi connectivity index (χ2n) is 6.95. The summed E-state index contributed by atoms with van der Waals surface area (Å²) in [6.45, 7) is 2.44. The number of nitrogens with zero attached hydrogens (tertiary/aromatic N) is 1.